The van der Waals surface area contributed by atoms with Crippen LogP contribution >= 0.6 is 15.9 Å². The van der Waals surface area contributed by atoms with Crippen LogP contribution in [0.25, 0.3) is 11.0 Å². The molecule has 0 atom stereocenters. The zero-order valence-corrected chi connectivity index (χ0v) is 19.6. The second-order valence-corrected chi connectivity index (χ2v) is 8.79. The minimum absolute atomic E-state index is 0.0498. The summed E-state index contributed by atoms with van der Waals surface area (Å²) in [5, 5.41) is 0.147. The first-order valence-corrected chi connectivity index (χ1v) is 11.7. The summed E-state index contributed by atoms with van der Waals surface area (Å²) in [5.41, 5.74) is 0.639. The number of hydrogen-bond acceptors (Lipinski definition) is 7. The van der Waals surface area contributed by atoms with E-state index in [1.807, 2.05) is 0 Å². The number of anilines is 1. The lowest BCUT2D eigenvalue weighted by molar-refractivity contribution is 0.0454. The maximum atomic E-state index is 12.6. The number of fused-ring (bicyclic) bond motifs is 1. The van der Waals surface area contributed by atoms with Gasteiger partial charge in [0.2, 0.25) is 5.76 Å². The van der Waals surface area contributed by atoms with Gasteiger partial charge < -0.3 is 13.9 Å². The Labute approximate surface area is 192 Å². The van der Waals surface area contributed by atoms with Gasteiger partial charge in [0.25, 0.3) is 0 Å². The smallest absolute Gasteiger partial charge is 0.375 e. The van der Waals surface area contributed by atoms with E-state index in [-0.39, 0.29) is 47.7 Å². The number of benzene rings is 2. The number of rotatable bonds is 8. The van der Waals surface area contributed by atoms with E-state index in [0.717, 1.165) is 8.78 Å². The van der Waals surface area contributed by atoms with Gasteiger partial charge in [-0.2, -0.15) is 8.42 Å². The number of hydrogen-bond donors (Lipinski definition) is 1. The van der Waals surface area contributed by atoms with Crippen molar-refractivity contribution in [2.24, 2.45) is 0 Å². The van der Waals surface area contributed by atoms with Crippen molar-refractivity contribution >= 4 is 54.8 Å². The third kappa shape index (κ3) is 5.12. The molecule has 2 aromatic carbocycles. The Morgan fingerprint density at radius 3 is 2.25 bits per heavy atom. The molecule has 11 heteroatoms. The van der Waals surface area contributed by atoms with Crippen molar-refractivity contribution in [3.05, 3.63) is 63.8 Å². The predicted molar refractivity (Wildman–Crippen MR) is 120 cm³/mol. The van der Waals surface area contributed by atoms with E-state index in [0.29, 0.717) is 5.56 Å². The molecule has 0 unspecified atom stereocenters. The molecule has 0 aliphatic heterocycles. The summed E-state index contributed by atoms with van der Waals surface area (Å²) >= 11 is 3.31. The molecule has 1 N–H and O–H groups in total. The van der Waals surface area contributed by atoms with Crippen LogP contribution in [0.1, 0.15) is 40.3 Å². The van der Waals surface area contributed by atoms with Crippen molar-refractivity contribution < 1.29 is 36.5 Å². The van der Waals surface area contributed by atoms with Crippen LogP contribution in [0.2, 0.25) is 0 Å². The largest absolute Gasteiger partial charge is 0.462 e. The highest BCUT2D eigenvalue weighted by Gasteiger charge is 2.29. The van der Waals surface area contributed by atoms with Crippen molar-refractivity contribution in [2.45, 2.75) is 20.4 Å². The van der Waals surface area contributed by atoms with Crippen LogP contribution < -0.4 is 4.31 Å². The third-order valence-electron chi connectivity index (χ3n) is 4.42. The molecule has 0 aliphatic rings. The average molecular weight is 526 g/mol. The van der Waals surface area contributed by atoms with Crippen LogP contribution in [0.4, 0.5) is 5.69 Å². The minimum atomic E-state index is -4.67. The van der Waals surface area contributed by atoms with E-state index in [1.54, 1.807) is 38.1 Å². The molecule has 1 heterocycles. The Hall–Kier alpha value is -2.89. The summed E-state index contributed by atoms with van der Waals surface area (Å²) in [5.74, 6) is -2.02. The number of ether oxygens (including phenoxy) is 2. The highest BCUT2D eigenvalue weighted by molar-refractivity contribution is 9.10. The molecule has 0 amide bonds. The standard InChI is InChI=1S/C21H20BrNO8S/c1-3-29-20(24)18-16-11-15(9-10-17(16)31-19(18)21(25)30-4-2)23(32(26,27)28)12-13-5-7-14(22)8-6-13/h5-11H,3-4,12H2,1-2H3,(H,26,27,28). The first-order chi connectivity index (χ1) is 15.2. The minimum Gasteiger partial charge on any atom is -0.462 e. The van der Waals surface area contributed by atoms with Gasteiger partial charge in [0.1, 0.15) is 11.1 Å². The lowest BCUT2D eigenvalue weighted by Gasteiger charge is -2.21. The maximum Gasteiger partial charge on any atom is 0.375 e. The summed E-state index contributed by atoms with van der Waals surface area (Å²) in [6.07, 6.45) is 0. The van der Waals surface area contributed by atoms with Crippen LogP contribution in [-0.2, 0) is 26.3 Å². The molecular formula is C21H20BrNO8S. The fraction of sp³-hybridized carbons (Fsp3) is 0.238. The Morgan fingerprint density at radius 2 is 1.66 bits per heavy atom. The molecule has 0 fully saturated rings. The summed E-state index contributed by atoms with van der Waals surface area (Å²) in [7, 11) is -4.67. The molecule has 170 valence electrons. The van der Waals surface area contributed by atoms with Gasteiger partial charge in [-0.1, -0.05) is 28.1 Å². The average Bonchev–Trinajstić information content (AvgIpc) is 3.11. The molecule has 1 aromatic heterocycles. The van der Waals surface area contributed by atoms with Gasteiger partial charge in [0.15, 0.2) is 0 Å². The Bertz CT molecular complexity index is 1250. The van der Waals surface area contributed by atoms with Gasteiger partial charge in [-0.15, -0.1) is 0 Å². The van der Waals surface area contributed by atoms with E-state index in [2.05, 4.69) is 15.9 Å². The summed E-state index contributed by atoms with van der Waals surface area (Å²) in [4.78, 5) is 24.9. The van der Waals surface area contributed by atoms with Crippen LogP contribution in [-0.4, -0.2) is 38.1 Å². The van der Waals surface area contributed by atoms with Crippen LogP contribution in [0, 0.1) is 0 Å². The molecule has 0 bridgehead atoms. The molecule has 32 heavy (non-hydrogen) atoms. The first-order valence-electron chi connectivity index (χ1n) is 9.56. The summed E-state index contributed by atoms with van der Waals surface area (Å²) in [6.45, 7) is 3.15. The summed E-state index contributed by atoms with van der Waals surface area (Å²) in [6, 6.07) is 11.0. The number of halogens is 1. The van der Waals surface area contributed by atoms with Crippen LogP contribution in [0.3, 0.4) is 0 Å². The Balaban J connectivity index is 2.14. The molecule has 0 spiro atoms. The fourth-order valence-corrected chi connectivity index (χ4v) is 4.01. The SMILES string of the molecule is CCOC(=O)c1oc2ccc(N(Cc3ccc(Br)cc3)S(=O)(=O)O)cc2c1C(=O)OCC. The van der Waals surface area contributed by atoms with E-state index in [4.69, 9.17) is 13.9 Å². The predicted octanol–water partition coefficient (Wildman–Crippen LogP) is 4.36. The molecule has 0 saturated heterocycles. The van der Waals surface area contributed by atoms with Gasteiger partial charge in [-0.3, -0.25) is 4.55 Å². The monoisotopic (exact) mass is 525 g/mol. The second-order valence-electron chi connectivity index (χ2n) is 6.54. The van der Waals surface area contributed by atoms with Gasteiger partial charge in [-0.25, -0.2) is 13.9 Å². The highest BCUT2D eigenvalue weighted by atomic mass is 79.9. The van der Waals surface area contributed by atoms with Crippen molar-refractivity contribution in [3.63, 3.8) is 0 Å². The lowest BCUT2D eigenvalue weighted by atomic mass is 10.1. The molecular weight excluding hydrogens is 506 g/mol. The number of carbonyl (C=O) groups excluding carboxylic acids is 2. The first kappa shape index (κ1) is 23.8. The van der Waals surface area contributed by atoms with E-state index >= 15 is 0 Å². The lowest BCUT2D eigenvalue weighted by Crippen LogP contribution is -2.29. The molecule has 9 nitrogen and oxygen atoms in total. The van der Waals surface area contributed by atoms with E-state index in [1.165, 1.54) is 18.2 Å². The maximum absolute atomic E-state index is 12.6. The highest BCUT2D eigenvalue weighted by Crippen LogP contribution is 2.32. The zero-order chi connectivity index (χ0) is 23.5. The fourth-order valence-electron chi connectivity index (χ4n) is 3.05. The second kappa shape index (κ2) is 9.72. The zero-order valence-electron chi connectivity index (χ0n) is 17.2. The number of esters is 2. The number of nitrogens with zero attached hydrogens (tertiary/aromatic N) is 1. The van der Waals surface area contributed by atoms with Gasteiger partial charge in [0, 0.05) is 9.86 Å². The van der Waals surface area contributed by atoms with Gasteiger partial charge in [0.05, 0.1) is 25.4 Å². The van der Waals surface area contributed by atoms with Crippen molar-refractivity contribution in [3.8, 4) is 0 Å². The Morgan fingerprint density at radius 1 is 1.03 bits per heavy atom. The molecule has 3 aromatic rings. The quantitative estimate of drug-likeness (QED) is 0.339. The molecule has 0 aliphatic carbocycles. The van der Waals surface area contributed by atoms with Crippen molar-refractivity contribution in [1.29, 1.82) is 0 Å². The van der Waals surface area contributed by atoms with Crippen molar-refractivity contribution in [1.82, 2.24) is 0 Å². The topological polar surface area (TPSA) is 123 Å². The Kier molecular flexibility index (Phi) is 7.22. The van der Waals surface area contributed by atoms with E-state index < -0.39 is 22.2 Å². The van der Waals surface area contributed by atoms with Gasteiger partial charge >= 0.3 is 22.2 Å². The number of carbonyl (C=O) groups is 2. The normalized spacial score (nSPS) is 11.4. The molecule has 0 saturated carbocycles. The van der Waals surface area contributed by atoms with E-state index in [9.17, 15) is 22.6 Å². The van der Waals surface area contributed by atoms with Gasteiger partial charge in [-0.05, 0) is 49.7 Å². The number of furan rings is 1. The molecule has 0 radical (unpaired) electrons. The van der Waals surface area contributed by atoms with Crippen molar-refractivity contribution in [2.75, 3.05) is 17.5 Å². The molecule has 3 rings (SSSR count). The third-order valence-corrected chi connectivity index (χ3v) is 5.84. The van der Waals surface area contributed by atoms with Crippen LogP contribution in [0.5, 0.6) is 0 Å². The van der Waals surface area contributed by atoms with Crippen LogP contribution in [0.15, 0.2) is 51.4 Å². The summed E-state index contributed by atoms with van der Waals surface area (Å²) < 4.78 is 51.2.